The zero-order valence-corrected chi connectivity index (χ0v) is 7.12. The van der Waals surface area contributed by atoms with Crippen LogP contribution in [0.1, 0.15) is 12.5 Å². The predicted molar refractivity (Wildman–Crippen MR) is 52.6 cm³/mol. The summed E-state index contributed by atoms with van der Waals surface area (Å²) in [6, 6.07) is 7.61. The van der Waals surface area contributed by atoms with Crippen LogP contribution in [-0.2, 0) is 0 Å². The molecule has 12 heavy (non-hydrogen) atoms. The molecule has 0 saturated heterocycles. The Morgan fingerprint density at radius 1 is 1.25 bits per heavy atom. The van der Waals surface area contributed by atoms with Gasteiger partial charge in [-0.2, -0.15) is 0 Å². The van der Waals surface area contributed by atoms with Crippen molar-refractivity contribution < 1.29 is 0 Å². The fourth-order valence-electron chi connectivity index (χ4n) is 0.820. The molecule has 0 unspecified atom stereocenters. The highest BCUT2D eigenvalue weighted by molar-refractivity contribution is 5.41. The van der Waals surface area contributed by atoms with Gasteiger partial charge < -0.3 is 5.73 Å². The van der Waals surface area contributed by atoms with E-state index in [0.717, 1.165) is 11.3 Å². The Bertz CT molecular complexity index is 280. The lowest BCUT2D eigenvalue weighted by atomic mass is 10.2. The first kappa shape index (κ1) is 8.60. The summed E-state index contributed by atoms with van der Waals surface area (Å²) in [5, 5.41) is 0. The molecule has 0 aromatic heterocycles. The molecule has 0 amide bonds. The number of nitrogen functional groups attached to an aromatic ring is 1. The molecule has 1 nitrogen and oxygen atoms in total. The van der Waals surface area contributed by atoms with Gasteiger partial charge in [0.1, 0.15) is 0 Å². The fraction of sp³-hybridized carbons (Fsp3) is 0.0909. The van der Waals surface area contributed by atoms with E-state index in [1.807, 2.05) is 49.4 Å². The fourth-order valence-corrected chi connectivity index (χ4v) is 0.820. The smallest absolute Gasteiger partial charge is 0.0314 e. The highest BCUT2D eigenvalue weighted by Gasteiger charge is 1.84. The molecular weight excluding hydrogens is 146 g/mol. The highest BCUT2D eigenvalue weighted by atomic mass is 14.5. The van der Waals surface area contributed by atoms with Crippen LogP contribution in [-0.4, -0.2) is 0 Å². The number of benzene rings is 1. The second-order valence-corrected chi connectivity index (χ2v) is 2.46. The Labute approximate surface area is 73.2 Å². The summed E-state index contributed by atoms with van der Waals surface area (Å²) in [6.45, 7) is 1.97. The summed E-state index contributed by atoms with van der Waals surface area (Å²) in [4.78, 5) is 0. The summed E-state index contributed by atoms with van der Waals surface area (Å²) in [7, 11) is 0. The normalized spacial score (nSPS) is 11.4. The minimum absolute atomic E-state index is 0.784. The van der Waals surface area contributed by atoms with Crippen molar-refractivity contribution in [3.8, 4) is 0 Å². The van der Waals surface area contributed by atoms with Crippen molar-refractivity contribution in [3.05, 3.63) is 54.1 Å². The molecule has 1 aromatic rings. The van der Waals surface area contributed by atoms with Gasteiger partial charge in [-0.1, -0.05) is 30.4 Å². The summed E-state index contributed by atoms with van der Waals surface area (Å²) < 4.78 is 0. The van der Waals surface area contributed by atoms with E-state index in [-0.39, 0.29) is 0 Å². The minimum atomic E-state index is 0.784. The van der Waals surface area contributed by atoms with Gasteiger partial charge in [0.15, 0.2) is 0 Å². The van der Waals surface area contributed by atoms with Gasteiger partial charge in [-0.15, -0.1) is 0 Å². The van der Waals surface area contributed by atoms with Gasteiger partial charge in [0.2, 0.25) is 0 Å². The average Bonchev–Trinajstić information content (AvgIpc) is 2.09. The molecular formula is C11H12N. The maximum absolute atomic E-state index is 5.53. The van der Waals surface area contributed by atoms with Crippen LogP contribution in [0.2, 0.25) is 0 Å². The minimum Gasteiger partial charge on any atom is -0.399 e. The van der Waals surface area contributed by atoms with Gasteiger partial charge in [0, 0.05) is 5.69 Å². The monoisotopic (exact) mass is 158 g/mol. The molecule has 0 spiro atoms. The quantitative estimate of drug-likeness (QED) is 0.519. The van der Waals surface area contributed by atoms with Crippen molar-refractivity contribution in [1.29, 1.82) is 0 Å². The Morgan fingerprint density at radius 3 is 2.50 bits per heavy atom. The molecule has 0 saturated carbocycles. The zero-order valence-electron chi connectivity index (χ0n) is 7.12. The van der Waals surface area contributed by atoms with Crippen molar-refractivity contribution in [2.45, 2.75) is 6.92 Å². The number of rotatable bonds is 2. The average molecular weight is 158 g/mol. The maximum atomic E-state index is 5.53. The molecule has 61 valence electrons. The van der Waals surface area contributed by atoms with Crippen LogP contribution < -0.4 is 5.73 Å². The molecule has 2 N–H and O–H groups in total. The van der Waals surface area contributed by atoms with Crippen molar-refractivity contribution in [1.82, 2.24) is 0 Å². The van der Waals surface area contributed by atoms with Gasteiger partial charge in [0.05, 0.1) is 0 Å². The number of allylic oxidation sites excluding steroid dienone is 3. The summed E-state index contributed by atoms with van der Waals surface area (Å²) in [6.07, 6.45) is 8.89. The Kier molecular flexibility index (Phi) is 3.15. The van der Waals surface area contributed by atoms with Gasteiger partial charge in [-0.05, 0) is 30.7 Å². The standard InChI is InChI=1S/C11H12N/c1-2-3-4-5-10-6-8-11(12)9-7-10/h2-4,6-9H,12H2,1H3/b3-2+,5-4?. The van der Waals surface area contributed by atoms with Crippen LogP contribution in [0.4, 0.5) is 5.69 Å². The third kappa shape index (κ3) is 2.62. The number of hydrogen-bond donors (Lipinski definition) is 1. The predicted octanol–water partition coefficient (Wildman–Crippen LogP) is 2.55. The van der Waals surface area contributed by atoms with E-state index in [0.29, 0.717) is 0 Å². The number of hydrogen-bond acceptors (Lipinski definition) is 1. The van der Waals surface area contributed by atoms with Crippen LogP contribution in [0, 0.1) is 6.08 Å². The second kappa shape index (κ2) is 4.39. The van der Waals surface area contributed by atoms with E-state index in [1.54, 1.807) is 0 Å². The summed E-state index contributed by atoms with van der Waals surface area (Å²) in [5.74, 6) is 0. The van der Waals surface area contributed by atoms with E-state index in [9.17, 15) is 0 Å². The maximum Gasteiger partial charge on any atom is 0.0314 e. The number of nitrogens with two attached hydrogens (primary N) is 1. The molecule has 0 bridgehead atoms. The SMILES string of the molecule is C/C=C/C=[C]\c1ccc(N)cc1. The Hall–Kier alpha value is -1.50. The molecule has 0 aliphatic heterocycles. The van der Waals surface area contributed by atoms with Gasteiger partial charge in [0.25, 0.3) is 0 Å². The topological polar surface area (TPSA) is 26.0 Å². The highest BCUT2D eigenvalue weighted by Crippen LogP contribution is 2.04. The van der Waals surface area contributed by atoms with E-state index >= 15 is 0 Å². The van der Waals surface area contributed by atoms with Crippen LogP contribution in [0.3, 0.4) is 0 Å². The van der Waals surface area contributed by atoms with Gasteiger partial charge in [-0.3, -0.25) is 0 Å². The molecule has 0 fully saturated rings. The van der Waals surface area contributed by atoms with Crippen molar-refractivity contribution in [3.63, 3.8) is 0 Å². The van der Waals surface area contributed by atoms with Crippen LogP contribution in [0.25, 0.3) is 0 Å². The van der Waals surface area contributed by atoms with E-state index in [1.165, 1.54) is 0 Å². The first-order valence-electron chi connectivity index (χ1n) is 3.89. The van der Waals surface area contributed by atoms with E-state index in [2.05, 4.69) is 6.08 Å². The van der Waals surface area contributed by atoms with Crippen LogP contribution in [0.5, 0.6) is 0 Å². The lowest BCUT2D eigenvalue weighted by Gasteiger charge is -1.92. The van der Waals surface area contributed by atoms with Gasteiger partial charge in [-0.25, -0.2) is 0 Å². The molecule has 1 heteroatoms. The first-order valence-corrected chi connectivity index (χ1v) is 3.89. The first-order chi connectivity index (χ1) is 5.83. The zero-order chi connectivity index (χ0) is 8.81. The Balaban J connectivity index is 2.70. The Morgan fingerprint density at radius 2 is 1.92 bits per heavy atom. The largest absolute Gasteiger partial charge is 0.399 e. The summed E-state index contributed by atoms with van der Waals surface area (Å²) >= 11 is 0. The van der Waals surface area contributed by atoms with Crippen molar-refractivity contribution >= 4 is 5.69 Å². The molecule has 1 rings (SSSR count). The third-order valence-corrected chi connectivity index (χ3v) is 1.45. The third-order valence-electron chi connectivity index (χ3n) is 1.45. The van der Waals surface area contributed by atoms with E-state index in [4.69, 9.17) is 5.73 Å². The molecule has 1 radical (unpaired) electrons. The van der Waals surface area contributed by atoms with Crippen molar-refractivity contribution in [2.24, 2.45) is 0 Å². The number of anilines is 1. The van der Waals surface area contributed by atoms with E-state index < -0.39 is 0 Å². The second-order valence-electron chi connectivity index (χ2n) is 2.46. The molecule has 0 aliphatic carbocycles. The molecule has 0 heterocycles. The van der Waals surface area contributed by atoms with Gasteiger partial charge >= 0.3 is 0 Å². The van der Waals surface area contributed by atoms with Crippen LogP contribution >= 0.6 is 0 Å². The lowest BCUT2D eigenvalue weighted by molar-refractivity contribution is 1.56. The summed E-state index contributed by atoms with van der Waals surface area (Å²) in [5.41, 5.74) is 7.36. The molecule has 0 atom stereocenters. The lowest BCUT2D eigenvalue weighted by Crippen LogP contribution is -1.82. The van der Waals surface area contributed by atoms with Crippen molar-refractivity contribution in [2.75, 3.05) is 5.73 Å². The molecule has 1 aromatic carbocycles. The molecule has 0 aliphatic rings. The van der Waals surface area contributed by atoms with Crippen LogP contribution in [0.15, 0.2) is 42.5 Å².